The van der Waals surface area contributed by atoms with Crippen molar-refractivity contribution in [1.29, 1.82) is 0 Å². The van der Waals surface area contributed by atoms with E-state index in [0.717, 1.165) is 0 Å². The number of phenols is 2. The van der Waals surface area contributed by atoms with Crippen LogP contribution in [0.1, 0.15) is 17.5 Å². The van der Waals surface area contributed by atoms with Gasteiger partial charge in [0.05, 0.1) is 20.6 Å². The first kappa shape index (κ1) is 23.4. The van der Waals surface area contributed by atoms with E-state index in [-0.39, 0.29) is 56.8 Å². The summed E-state index contributed by atoms with van der Waals surface area (Å²) in [5, 5.41) is 19.1. The number of carbonyl (C=O) groups excluding carboxylic acids is 2. The average Bonchev–Trinajstić information content (AvgIpc) is 2.66. The molecule has 0 fully saturated rings. The molecule has 0 aliphatic rings. The molecule has 0 unspecified atom stereocenters. The Morgan fingerprint density at radius 2 is 1.21 bits per heavy atom. The molecule has 28 heavy (non-hydrogen) atoms. The van der Waals surface area contributed by atoms with E-state index in [2.05, 4.69) is 0 Å². The summed E-state index contributed by atoms with van der Waals surface area (Å²) in [5.74, 6) is -0.0832. The molecular formula is C21H22O6Pb. The molecule has 2 rings (SSSR count). The Bertz CT molecular complexity index is 828. The number of ether oxygens (including phenoxy) is 2. The molecule has 6 nitrogen and oxygen atoms in total. The Morgan fingerprint density at radius 1 is 0.821 bits per heavy atom. The number of ketones is 2. The number of aromatic hydroxyl groups is 2. The van der Waals surface area contributed by atoms with Crippen LogP contribution in [0.2, 0.25) is 0 Å². The molecule has 2 radical (unpaired) electrons. The van der Waals surface area contributed by atoms with Crippen molar-refractivity contribution in [2.24, 2.45) is 0 Å². The maximum atomic E-state index is 11.9. The zero-order valence-electron chi connectivity index (χ0n) is 15.7. The second-order valence-electron chi connectivity index (χ2n) is 5.64. The summed E-state index contributed by atoms with van der Waals surface area (Å²) in [7, 11) is 2.87. The van der Waals surface area contributed by atoms with Crippen LogP contribution in [0.15, 0.2) is 48.6 Å². The van der Waals surface area contributed by atoms with Gasteiger partial charge in [0.15, 0.2) is 34.6 Å². The summed E-state index contributed by atoms with van der Waals surface area (Å²) in [6.45, 7) is 0. The van der Waals surface area contributed by atoms with Crippen molar-refractivity contribution in [2.75, 3.05) is 14.2 Å². The molecule has 0 spiro atoms. The van der Waals surface area contributed by atoms with Crippen molar-refractivity contribution in [2.45, 2.75) is 6.42 Å². The van der Waals surface area contributed by atoms with Gasteiger partial charge in [0.1, 0.15) is 0 Å². The van der Waals surface area contributed by atoms with Crippen LogP contribution >= 0.6 is 0 Å². The molecular weight excluding hydrogens is 555 g/mol. The molecule has 0 aromatic heterocycles. The molecule has 0 heterocycles. The van der Waals surface area contributed by atoms with Gasteiger partial charge in [0.25, 0.3) is 0 Å². The molecule has 0 saturated heterocycles. The summed E-state index contributed by atoms with van der Waals surface area (Å²) in [5.41, 5.74) is 1.33. The minimum absolute atomic E-state index is 0. The van der Waals surface area contributed by atoms with E-state index in [1.807, 2.05) is 0 Å². The van der Waals surface area contributed by atoms with Gasteiger partial charge in [0.2, 0.25) is 0 Å². The number of allylic oxidation sites excluding steroid dienone is 2. The molecule has 0 saturated carbocycles. The van der Waals surface area contributed by atoms with Gasteiger partial charge in [-0.25, -0.2) is 0 Å². The first-order valence-corrected chi connectivity index (χ1v) is 8.08. The zero-order valence-corrected chi connectivity index (χ0v) is 21.2. The number of methoxy groups -OCH3 is 2. The molecule has 0 amide bonds. The van der Waals surface area contributed by atoms with E-state index in [0.29, 0.717) is 22.6 Å². The van der Waals surface area contributed by atoms with E-state index >= 15 is 0 Å². The first-order valence-electron chi connectivity index (χ1n) is 8.08. The van der Waals surface area contributed by atoms with Crippen LogP contribution in [0.3, 0.4) is 0 Å². The Labute approximate surface area is 183 Å². The van der Waals surface area contributed by atoms with Crippen LogP contribution in [0.5, 0.6) is 23.0 Å². The van der Waals surface area contributed by atoms with Gasteiger partial charge in [0, 0.05) is 0 Å². The number of carbonyl (C=O) groups is 2. The molecule has 0 aliphatic carbocycles. The zero-order chi connectivity index (χ0) is 19.8. The van der Waals surface area contributed by atoms with Gasteiger partial charge < -0.3 is 19.7 Å². The standard InChI is InChI=1S/C21H20O6.Pb.2H/c1-26-20-11-14(5-9-18(20)24)3-7-16(22)13-17(23)8-4-15-6-10-19(25)21(12-15)27-2;;;/h3-12,24-25H,13H2,1-2H3;;;. The summed E-state index contributed by atoms with van der Waals surface area (Å²) in [6.07, 6.45) is 5.44. The predicted molar refractivity (Wildman–Crippen MR) is 111 cm³/mol. The third-order valence-corrected chi connectivity index (χ3v) is 3.68. The van der Waals surface area contributed by atoms with E-state index < -0.39 is 0 Å². The van der Waals surface area contributed by atoms with Crippen LogP contribution in [0.25, 0.3) is 12.2 Å². The van der Waals surface area contributed by atoms with E-state index in [9.17, 15) is 19.8 Å². The van der Waals surface area contributed by atoms with Crippen LogP contribution < -0.4 is 9.47 Å². The summed E-state index contributed by atoms with van der Waals surface area (Å²) >= 11 is 0. The van der Waals surface area contributed by atoms with Gasteiger partial charge in [-0.15, -0.1) is 0 Å². The Hall–Kier alpha value is -2.62. The number of benzene rings is 2. The van der Waals surface area contributed by atoms with Crippen molar-refractivity contribution in [3.8, 4) is 23.0 Å². The second-order valence-corrected chi connectivity index (χ2v) is 5.64. The third kappa shape index (κ3) is 6.84. The number of hydrogen-bond donors (Lipinski definition) is 2. The summed E-state index contributed by atoms with van der Waals surface area (Å²) in [6, 6.07) is 9.34. The summed E-state index contributed by atoms with van der Waals surface area (Å²) < 4.78 is 10.00. The van der Waals surface area contributed by atoms with Crippen LogP contribution in [0.4, 0.5) is 0 Å². The van der Waals surface area contributed by atoms with Gasteiger partial charge >= 0.3 is 27.3 Å². The minimum atomic E-state index is -0.347. The fraction of sp³-hybridized carbons (Fsp3) is 0.143. The van der Waals surface area contributed by atoms with Crippen molar-refractivity contribution < 1.29 is 29.3 Å². The SMILES string of the molecule is COc1cc(C=CC(=O)CC(=O)C=Cc2ccc(O)c(OC)c2)ccc1O.[PbH2]. The molecule has 2 aromatic rings. The normalized spacial score (nSPS) is 10.6. The fourth-order valence-electron chi connectivity index (χ4n) is 2.26. The van der Waals surface area contributed by atoms with Crippen LogP contribution in [-0.4, -0.2) is 63.3 Å². The number of rotatable bonds is 8. The molecule has 7 heteroatoms. The van der Waals surface area contributed by atoms with E-state index in [1.165, 1.54) is 38.5 Å². The molecule has 146 valence electrons. The number of hydrogen-bond acceptors (Lipinski definition) is 6. The molecule has 0 atom stereocenters. The average molecular weight is 578 g/mol. The van der Waals surface area contributed by atoms with Crippen molar-refractivity contribution >= 4 is 51.0 Å². The third-order valence-electron chi connectivity index (χ3n) is 3.68. The number of phenolic OH excluding ortho intramolecular Hbond substituents is 2. The summed E-state index contributed by atoms with van der Waals surface area (Å²) in [4.78, 5) is 23.9. The maximum absolute atomic E-state index is 11.9. The Balaban J connectivity index is 0.00000392. The molecule has 2 N–H and O–H groups in total. The van der Waals surface area contributed by atoms with Crippen molar-refractivity contribution in [1.82, 2.24) is 0 Å². The van der Waals surface area contributed by atoms with E-state index in [1.54, 1.807) is 36.4 Å². The first-order chi connectivity index (χ1) is 12.9. The van der Waals surface area contributed by atoms with Crippen molar-refractivity contribution in [3.05, 3.63) is 59.7 Å². The van der Waals surface area contributed by atoms with Gasteiger partial charge in [-0.1, -0.05) is 24.3 Å². The van der Waals surface area contributed by atoms with Crippen molar-refractivity contribution in [3.63, 3.8) is 0 Å². The fourth-order valence-corrected chi connectivity index (χ4v) is 2.26. The van der Waals surface area contributed by atoms with Gasteiger partial charge in [-0.05, 0) is 47.5 Å². The van der Waals surface area contributed by atoms with Gasteiger partial charge in [-0.2, -0.15) is 0 Å². The monoisotopic (exact) mass is 578 g/mol. The Morgan fingerprint density at radius 3 is 1.57 bits per heavy atom. The van der Waals surface area contributed by atoms with Crippen LogP contribution in [0, 0.1) is 0 Å². The molecule has 0 aliphatic heterocycles. The topological polar surface area (TPSA) is 93.1 Å². The van der Waals surface area contributed by atoms with Crippen LogP contribution in [-0.2, 0) is 9.59 Å². The van der Waals surface area contributed by atoms with E-state index in [4.69, 9.17) is 9.47 Å². The molecule has 2 aromatic carbocycles. The van der Waals surface area contributed by atoms with Gasteiger partial charge in [-0.3, -0.25) is 9.59 Å². The second kappa shape index (κ2) is 11.3. The predicted octanol–water partition coefficient (Wildman–Crippen LogP) is 2.45. The Kier molecular flexibility index (Phi) is 9.43. The quantitative estimate of drug-likeness (QED) is 0.285. The molecule has 0 bridgehead atoms.